The summed E-state index contributed by atoms with van der Waals surface area (Å²) in [5.74, 6) is 2.17. The van der Waals surface area contributed by atoms with Gasteiger partial charge < -0.3 is 14.5 Å². The maximum Gasteiger partial charge on any atom is 0.257 e. The van der Waals surface area contributed by atoms with Crippen molar-refractivity contribution < 1.29 is 9.53 Å². The van der Waals surface area contributed by atoms with Gasteiger partial charge in [-0.1, -0.05) is 60.7 Å². The molecule has 0 radical (unpaired) electrons. The number of ether oxygens (including phenoxy) is 1. The highest BCUT2D eigenvalue weighted by Crippen LogP contribution is 2.28. The highest BCUT2D eigenvalue weighted by molar-refractivity contribution is 5.97. The van der Waals surface area contributed by atoms with Gasteiger partial charge in [0.1, 0.15) is 17.4 Å². The van der Waals surface area contributed by atoms with E-state index in [9.17, 15) is 4.79 Å². The fraction of sp³-hybridized carbons (Fsp3) is 0.200. The van der Waals surface area contributed by atoms with Gasteiger partial charge in [-0.2, -0.15) is 5.10 Å². The smallest absolute Gasteiger partial charge is 0.257 e. The standard InChI is InChI=1S/C30H28N6O2/c1-38-26-15-9-8-14-24(26)30(37)35-18-16-34(17-19-35)28-25-21-31-36(23-12-6-3-7-13-23)29(25)33-27(32-28)20-22-10-4-2-5-11-22/h2-15,21H,16-20H2,1H3. The first-order valence-electron chi connectivity index (χ1n) is 12.7. The minimum Gasteiger partial charge on any atom is -0.496 e. The number of carbonyl (C=O) groups is 1. The Bertz CT molecular complexity index is 1560. The number of fused-ring (bicyclic) bond motifs is 1. The maximum atomic E-state index is 13.2. The quantitative estimate of drug-likeness (QED) is 0.342. The largest absolute Gasteiger partial charge is 0.496 e. The van der Waals surface area contributed by atoms with E-state index in [2.05, 4.69) is 22.1 Å². The SMILES string of the molecule is COc1ccccc1C(=O)N1CCN(c2nc(Cc3ccccc3)nc3c2cnn3-c2ccccc2)CC1. The Labute approximate surface area is 221 Å². The molecule has 190 valence electrons. The van der Waals surface area contributed by atoms with Crippen LogP contribution in [-0.4, -0.2) is 63.8 Å². The van der Waals surface area contributed by atoms with E-state index in [0.717, 1.165) is 33.9 Å². The van der Waals surface area contributed by atoms with Crippen LogP contribution in [0.4, 0.5) is 5.82 Å². The molecule has 8 nitrogen and oxygen atoms in total. The molecule has 5 aromatic rings. The monoisotopic (exact) mass is 504 g/mol. The average Bonchev–Trinajstić information content (AvgIpc) is 3.41. The van der Waals surface area contributed by atoms with E-state index in [4.69, 9.17) is 14.7 Å². The van der Waals surface area contributed by atoms with Gasteiger partial charge in [-0.15, -0.1) is 0 Å². The molecule has 0 atom stereocenters. The average molecular weight is 505 g/mol. The third kappa shape index (κ3) is 4.56. The Morgan fingerprint density at radius 1 is 0.842 bits per heavy atom. The number of rotatable bonds is 6. The van der Waals surface area contributed by atoms with Crippen LogP contribution >= 0.6 is 0 Å². The molecule has 0 unspecified atom stereocenters. The van der Waals surface area contributed by atoms with Crippen molar-refractivity contribution in [3.8, 4) is 11.4 Å². The number of benzene rings is 3. The summed E-state index contributed by atoms with van der Waals surface area (Å²) >= 11 is 0. The van der Waals surface area contributed by atoms with Crippen LogP contribution in [0.2, 0.25) is 0 Å². The zero-order valence-corrected chi connectivity index (χ0v) is 21.2. The summed E-state index contributed by atoms with van der Waals surface area (Å²) in [6.07, 6.45) is 2.46. The second-order valence-electron chi connectivity index (χ2n) is 9.23. The van der Waals surface area contributed by atoms with E-state index in [1.807, 2.05) is 88.6 Å². The van der Waals surface area contributed by atoms with Crippen LogP contribution in [0.5, 0.6) is 5.75 Å². The number of anilines is 1. The number of hydrogen-bond donors (Lipinski definition) is 0. The fourth-order valence-corrected chi connectivity index (χ4v) is 4.91. The number of hydrogen-bond acceptors (Lipinski definition) is 6. The predicted octanol–water partition coefficient (Wildman–Crippen LogP) is 4.38. The van der Waals surface area contributed by atoms with Crippen molar-refractivity contribution >= 4 is 22.8 Å². The number of methoxy groups -OCH3 is 1. The van der Waals surface area contributed by atoms with Gasteiger partial charge in [0, 0.05) is 32.6 Å². The van der Waals surface area contributed by atoms with Crippen molar-refractivity contribution in [1.29, 1.82) is 0 Å². The molecule has 3 heterocycles. The summed E-state index contributed by atoms with van der Waals surface area (Å²) < 4.78 is 7.28. The first-order valence-corrected chi connectivity index (χ1v) is 12.7. The van der Waals surface area contributed by atoms with Crippen molar-refractivity contribution in [3.05, 3.63) is 108 Å². The second kappa shape index (κ2) is 10.3. The van der Waals surface area contributed by atoms with Crippen LogP contribution in [-0.2, 0) is 6.42 Å². The van der Waals surface area contributed by atoms with Crippen LogP contribution in [0.1, 0.15) is 21.7 Å². The Hall–Kier alpha value is -4.72. The highest BCUT2D eigenvalue weighted by atomic mass is 16.5. The van der Waals surface area contributed by atoms with Crippen LogP contribution in [0.25, 0.3) is 16.7 Å². The second-order valence-corrected chi connectivity index (χ2v) is 9.23. The summed E-state index contributed by atoms with van der Waals surface area (Å²) in [7, 11) is 1.59. The molecular weight excluding hydrogens is 476 g/mol. The van der Waals surface area contributed by atoms with E-state index in [0.29, 0.717) is 43.9 Å². The summed E-state index contributed by atoms with van der Waals surface area (Å²) in [4.78, 5) is 27.3. The zero-order chi connectivity index (χ0) is 25.9. The van der Waals surface area contributed by atoms with E-state index >= 15 is 0 Å². The van der Waals surface area contributed by atoms with Crippen molar-refractivity contribution in [2.24, 2.45) is 0 Å². The van der Waals surface area contributed by atoms with E-state index in [-0.39, 0.29) is 5.91 Å². The fourth-order valence-electron chi connectivity index (χ4n) is 4.91. The van der Waals surface area contributed by atoms with E-state index in [1.165, 1.54) is 0 Å². The molecule has 1 amide bonds. The molecule has 1 saturated heterocycles. The van der Waals surface area contributed by atoms with Gasteiger partial charge in [-0.3, -0.25) is 4.79 Å². The Morgan fingerprint density at radius 3 is 2.26 bits per heavy atom. The minimum atomic E-state index is -0.0170. The molecule has 0 N–H and O–H groups in total. The maximum absolute atomic E-state index is 13.2. The lowest BCUT2D eigenvalue weighted by Crippen LogP contribution is -2.49. The van der Waals surface area contributed by atoms with Gasteiger partial charge in [0.2, 0.25) is 0 Å². The van der Waals surface area contributed by atoms with Gasteiger partial charge in [0.05, 0.1) is 29.9 Å². The summed E-state index contributed by atoms with van der Waals surface area (Å²) in [5, 5.41) is 5.58. The van der Waals surface area contributed by atoms with Crippen molar-refractivity contribution in [2.75, 3.05) is 38.2 Å². The molecular formula is C30H28N6O2. The molecule has 0 saturated carbocycles. The van der Waals surface area contributed by atoms with Crippen LogP contribution in [0.15, 0.2) is 91.1 Å². The molecule has 0 spiro atoms. The van der Waals surface area contributed by atoms with Crippen LogP contribution < -0.4 is 9.64 Å². The minimum absolute atomic E-state index is 0.0170. The van der Waals surface area contributed by atoms with E-state index < -0.39 is 0 Å². The number of piperazine rings is 1. The highest BCUT2D eigenvalue weighted by Gasteiger charge is 2.27. The molecule has 0 bridgehead atoms. The lowest BCUT2D eigenvalue weighted by molar-refractivity contribution is 0.0743. The zero-order valence-electron chi connectivity index (χ0n) is 21.2. The first kappa shape index (κ1) is 23.7. The van der Waals surface area contributed by atoms with Crippen molar-refractivity contribution in [3.63, 3.8) is 0 Å². The lowest BCUT2D eigenvalue weighted by Gasteiger charge is -2.36. The molecule has 3 aromatic carbocycles. The Morgan fingerprint density at radius 2 is 1.53 bits per heavy atom. The van der Waals surface area contributed by atoms with Crippen LogP contribution in [0.3, 0.4) is 0 Å². The first-order chi connectivity index (χ1) is 18.7. The molecule has 2 aromatic heterocycles. The Balaban J connectivity index is 1.32. The molecule has 1 aliphatic heterocycles. The third-order valence-corrected chi connectivity index (χ3v) is 6.86. The topological polar surface area (TPSA) is 76.4 Å². The summed E-state index contributed by atoms with van der Waals surface area (Å²) in [6, 6.07) is 27.6. The Kier molecular flexibility index (Phi) is 6.44. The lowest BCUT2D eigenvalue weighted by atomic mass is 10.1. The summed E-state index contributed by atoms with van der Waals surface area (Å²) in [6.45, 7) is 2.50. The van der Waals surface area contributed by atoms with Crippen LogP contribution in [0, 0.1) is 0 Å². The third-order valence-electron chi connectivity index (χ3n) is 6.86. The van der Waals surface area contributed by atoms with Gasteiger partial charge in [-0.05, 0) is 29.8 Å². The summed E-state index contributed by atoms with van der Waals surface area (Å²) in [5.41, 5.74) is 3.46. The molecule has 6 rings (SSSR count). The molecule has 0 aliphatic carbocycles. The van der Waals surface area contributed by atoms with E-state index in [1.54, 1.807) is 7.11 Å². The normalized spacial score (nSPS) is 13.6. The predicted molar refractivity (Wildman–Crippen MR) is 147 cm³/mol. The van der Waals surface area contributed by atoms with Gasteiger partial charge in [0.25, 0.3) is 5.91 Å². The number of para-hydroxylation sites is 2. The van der Waals surface area contributed by atoms with Gasteiger partial charge in [0.15, 0.2) is 5.65 Å². The number of amides is 1. The van der Waals surface area contributed by atoms with Gasteiger partial charge in [-0.25, -0.2) is 14.6 Å². The molecule has 1 fully saturated rings. The number of aromatic nitrogens is 4. The number of nitrogens with zero attached hydrogens (tertiary/aromatic N) is 6. The molecule has 8 heteroatoms. The van der Waals surface area contributed by atoms with Gasteiger partial charge >= 0.3 is 0 Å². The number of carbonyl (C=O) groups excluding carboxylic acids is 1. The molecule has 1 aliphatic rings. The van der Waals surface area contributed by atoms with Crippen molar-refractivity contribution in [1.82, 2.24) is 24.6 Å². The molecule has 38 heavy (non-hydrogen) atoms. The van der Waals surface area contributed by atoms with Crippen molar-refractivity contribution in [2.45, 2.75) is 6.42 Å².